The molecule has 0 saturated heterocycles. The smallest absolute Gasteiger partial charge is 0.387 e. The lowest BCUT2D eigenvalue weighted by Gasteiger charge is -2.17. The Morgan fingerprint density at radius 2 is 1.84 bits per heavy atom. The highest BCUT2D eigenvalue weighted by molar-refractivity contribution is 6.42. The molecule has 0 saturated carbocycles. The summed E-state index contributed by atoms with van der Waals surface area (Å²) in [4.78, 5) is 12.3. The Bertz CT molecular complexity index is 772. The third-order valence-electron chi connectivity index (χ3n) is 3.33. The molecule has 1 atom stereocenters. The molecule has 134 valence electrons. The Balaban J connectivity index is 2.07. The second-order valence-corrected chi connectivity index (χ2v) is 5.95. The van der Waals surface area contributed by atoms with Gasteiger partial charge in [0.25, 0.3) is 5.91 Å². The molecule has 25 heavy (non-hydrogen) atoms. The summed E-state index contributed by atoms with van der Waals surface area (Å²) in [6, 6.07) is 9.12. The molecule has 0 aromatic heterocycles. The van der Waals surface area contributed by atoms with Crippen molar-refractivity contribution >= 4 is 34.8 Å². The fraction of sp³-hybridized carbons (Fsp3) is 0.235. The predicted octanol–water partition coefficient (Wildman–Crippen LogP) is 5.31. The molecule has 4 nitrogen and oxygen atoms in total. The number of rotatable bonds is 6. The summed E-state index contributed by atoms with van der Waals surface area (Å²) in [5.74, 6) is -0.0854. The molecule has 0 aliphatic rings. The van der Waals surface area contributed by atoms with Crippen LogP contribution in [0.3, 0.4) is 0 Å². The summed E-state index contributed by atoms with van der Waals surface area (Å²) in [5, 5.41) is 3.30. The molecular formula is C17H15Cl2F2NO3. The molecule has 0 heterocycles. The van der Waals surface area contributed by atoms with Gasteiger partial charge in [0.1, 0.15) is 11.5 Å². The van der Waals surface area contributed by atoms with Crippen molar-refractivity contribution in [3.8, 4) is 11.5 Å². The van der Waals surface area contributed by atoms with E-state index in [9.17, 15) is 13.6 Å². The average molecular weight is 390 g/mol. The van der Waals surface area contributed by atoms with E-state index >= 15 is 0 Å². The largest absolute Gasteiger partial charge is 0.481 e. The highest BCUT2D eigenvalue weighted by Crippen LogP contribution is 2.28. The van der Waals surface area contributed by atoms with Gasteiger partial charge in [0.15, 0.2) is 6.10 Å². The summed E-state index contributed by atoms with van der Waals surface area (Å²) in [5.41, 5.74) is 0.741. The Morgan fingerprint density at radius 3 is 2.48 bits per heavy atom. The van der Waals surface area contributed by atoms with E-state index in [0.29, 0.717) is 27.0 Å². The third-order valence-corrected chi connectivity index (χ3v) is 4.07. The molecule has 0 aliphatic carbocycles. The van der Waals surface area contributed by atoms with Crippen LogP contribution in [0.4, 0.5) is 14.5 Å². The minimum Gasteiger partial charge on any atom is -0.481 e. The Labute approximate surface area is 153 Å². The highest BCUT2D eigenvalue weighted by Gasteiger charge is 2.18. The number of hydrogen-bond donors (Lipinski definition) is 1. The molecule has 1 amide bonds. The minimum absolute atomic E-state index is 0.00847. The first-order valence-corrected chi connectivity index (χ1v) is 8.00. The number of benzene rings is 2. The fourth-order valence-electron chi connectivity index (χ4n) is 2.02. The summed E-state index contributed by atoms with van der Waals surface area (Å²) in [6.45, 7) is 0.173. The van der Waals surface area contributed by atoms with Crippen molar-refractivity contribution in [1.82, 2.24) is 0 Å². The maximum absolute atomic E-state index is 12.4. The molecular weight excluding hydrogens is 375 g/mol. The van der Waals surface area contributed by atoms with E-state index in [4.69, 9.17) is 27.9 Å². The van der Waals surface area contributed by atoms with Crippen LogP contribution in [0.15, 0.2) is 36.4 Å². The topological polar surface area (TPSA) is 47.6 Å². The Hall–Kier alpha value is -2.05. The van der Waals surface area contributed by atoms with Crippen molar-refractivity contribution in [2.24, 2.45) is 0 Å². The van der Waals surface area contributed by atoms with Crippen molar-refractivity contribution in [2.45, 2.75) is 26.6 Å². The first kappa shape index (κ1) is 19.3. The monoisotopic (exact) mass is 389 g/mol. The lowest BCUT2D eigenvalue weighted by Crippen LogP contribution is -2.30. The van der Waals surface area contributed by atoms with Crippen LogP contribution in [0, 0.1) is 6.92 Å². The summed E-state index contributed by atoms with van der Waals surface area (Å²) < 4.78 is 34.7. The highest BCUT2D eigenvalue weighted by atomic mass is 35.5. The summed E-state index contributed by atoms with van der Waals surface area (Å²) in [6.07, 6.45) is -0.851. The fourth-order valence-corrected chi connectivity index (χ4v) is 2.30. The van der Waals surface area contributed by atoms with E-state index in [2.05, 4.69) is 10.1 Å². The zero-order chi connectivity index (χ0) is 18.6. The first-order chi connectivity index (χ1) is 11.8. The number of hydrogen-bond acceptors (Lipinski definition) is 3. The average Bonchev–Trinajstić information content (AvgIpc) is 2.54. The molecule has 1 N–H and O–H groups in total. The van der Waals surface area contributed by atoms with Gasteiger partial charge in [0.05, 0.1) is 10.0 Å². The zero-order valence-electron chi connectivity index (χ0n) is 13.4. The standard InChI is InChI=1S/C17H15Cl2F2NO3/c1-9-14(4-3-5-15(9)25-17(20)21)22-16(23)10(2)24-11-6-7-12(18)13(19)8-11/h3-8,10,17H,1-2H3,(H,22,23). The lowest BCUT2D eigenvalue weighted by molar-refractivity contribution is -0.122. The van der Waals surface area contributed by atoms with E-state index in [-0.39, 0.29) is 5.75 Å². The van der Waals surface area contributed by atoms with Gasteiger partial charge in [-0.15, -0.1) is 0 Å². The maximum Gasteiger partial charge on any atom is 0.387 e. The molecule has 1 unspecified atom stereocenters. The molecule has 2 rings (SSSR count). The van der Waals surface area contributed by atoms with Crippen LogP contribution in [-0.2, 0) is 4.79 Å². The van der Waals surface area contributed by atoms with Gasteiger partial charge < -0.3 is 14.8 Å². The number of carbonyl (C=O) groups excluding carboxylic acids is 1. The van der Waals surface area contributed by atoms with Crippen molar-refractivity contribution in [1.29, 1.82) is 0 Å². The lowest BCUT2D eigenvalue weighted by atomic mass is 10.1. The van der Waals surface area contributed by atoms with Crippen LogP contribution in [0.5, 0.6) is 11.5 Å². The van der Waals surface area contributed by atoms with Crippen molar-refractivity contribution in [3.63, 3.8) is 0 Å². The van der Waals surface area contributed by atoms with Crippen molar-refractivity contribution < 1.29 is 23.0 Å². The van der Waals surface area contributed by atoms with Gasteiger partial charge in [-0.05, 0) is 38.1 Å². The van der Waals surface area contributed by atoms with E-state index in [1.54, 1.807) is 32.0 Å². The molecule has 0 bridgehead atoms. The first-order valence-electron chi connectivity index (χ1n) is 7.25. The van der Waals surface area contributed by atoms with Gasteiger partial charge >= 0.3 is 6.61 Å². The predicted molar refractivity (Wildman–Crippen MR) is 93.0 cm³/mol. The quantitative estimate of drug-likeness (QED) is 0.727. The van der Waals surface area contributed by atoms with Gasteiger partial charge in [-0.25, -0.2) is 0 Å². The van der Waals surface area contributed by atoms with Crippen LogP contribution in [0.25, 0.3) is 0 Å². The van der Waals surface area contributed by atoms with Crippen molar-refractivity contribution in [2.75, 3.05) is 5.32 Å². The zero-order valence-corrected chi connectivity index (χ0v) is 14.9. The Morgan fingerprint density at radius 1 is 1.12 bits per heavy atom. The molecule has 2 aromatic rings. The molecule has 0 fully saturated rings. The van der Waals surface area contributed by atoms with Crippen molar-refractivity contribution in [3.05, 3.63) is 52.0 Å². The second-order valence-electron chi connectivity index (χ2n) is 5.13. The van der Waals surface area contributed by atoms with Crippen LogP contribution in [0.2, 0.25) is 10.0 Å². The second kappa shape index (κ2) is 8.36. The van der Waals surface area contributed by atoms with Gasteiger partial charge in [0, 0.05) is 17.3 Å². The number of nitrogens with one attached hydrogen (secondary N) is 1. The number of ether oxygens (including phenoxy) is 2. The minimum atomic E-state index is -2.94. The van der Waals surface area contributed by atoms with Crippen LogP contribution < -0.4 is 14.8 Å². The van der Waals surface area contributed by atoms with Crippen LogP contribution in [0.1, 0.15) is 12.5 Å². The van der Waals surface area contributed by atoms with Gasteiger partial charge in [-0.1, -0.05) is 29.3 Å². The number of alkyl halides is 2. The van der Waals surface area contributed by atoms with E-state index in [1.807, 2.05) is 0 Å². The number of anilines is 1. The number of carbonyl (C=O) groups is 1. The van der Waals surface area contributed by atoms with E-state index in [1.165, 1.54) is 18.2 Å². The number of amides is 1. The third kappa shape index (κ3) is 5.21. The van der Waals surface area contributed by atoms with E-state index < -0.39 is 18.6 Å². The number of halogens is 4. The molecule has 0 spiro atoms. The normalized spacial score (nSPS) is 12.0. The summed E-state index contributed by atoms with van der Waals surface area (Å²) >= 11 is 11.7. The summed E-state index contributed by atoms with van der Waals surface area (Å²) in [7, 11) is 0. The van der Waals surface area contributed by atoms with Gasteiger partial charge in [-0.3, -0.25) is 4.79 Å². The maximum atomic E-state index is 12.4. The molecule has 8 heteroatoms. The molecule has 2 aromatic carbocycles. The van der Waals surface area contributed by atoms with Crippen LogP contribution >= 0.6 is 23.2 Å². The Kier molecular flexibility index (Phi) is 6.45. The van der Waals surface area contributed by atoms with Gasteiger partial charge in [0.2, 0.25) is 0 Å². The van der Waals surface area contributed by atoms with E-state index in [0.717, 1.165) is 0 Å². The van der Waals surface area contributed by atoms with Crippen LogP contribution in [-0.4, -0.2) is 18.6 Å². The SMILES string of the molecule is Cc1c(NC(=O)C(C)Oc2ccc(Cl)c(Cl)c2)cccc1OC(F)F. The van der Waals surface area contributed by atoms with Gasteiger partial charge in [-0.2, -0.15) is 8.78 Å². The molecule has 0 radical (unpaired) electrons. The molecule has 0 aliphatic heterocycles.